The molecule has 1 atom stereocenters. The molecule has 1 aliphatic rings. The molecule has 0 spiro atoms. The molecular weight excluding hydrogens is 218 g/mol. The molecule has 1 unspecified atom stereocenters. The number of aromatic nitrogens is 3. The minimum absolute atomic E-state index is 0.162. The van der Waals surface area contributed by atoms with Crippen LogP contribution in [0.1, 0.15) is 31.5 Å². The van der Waals surface area contributed by atoms with E-state index in [2.05, 4.69) is 25.8 Å². The first-order valence-electron chi connectivity index (χ1n) is 6.19. The third-order valence-electron chi connectivity index (χ3n) is 2.97. The van der Waals surface area contributed by atoms with Gasteiger partial charge in [0.25, 0.3) is 0 Å². The lowest BCUT2D eigenvalue weighted by molar-refractivity contribution is -0.121. The Balaban J connectivity index is 1.62. The summed E-state index contributed by atoms with van der Waals surface area (Å²) in [7, 11) is 0. The Hall–Kier alpha value is -1.43. The van der Waals surface area contributed by atoms with E-state index in [0.29, 0.717) is 12.5 Å². The Kier molecular flexibility index (Phi) is 4.49. The lowest BCUT2D eigenvalue weighted by Crippen LogP contribution is -2.33. The maximum Gasteiger partial charge on any atom is 0.221 e. The molecule has 1 fully saturated rings. The van der Waals surface area contributed by atoms with Crippen molar-refractivity contribution in [1.29, 1.82) is 0 Å². The van der Waals surface area contributed by atoms with Crippen LogP contribution in [0.15, 0.2) is 6.33 Å². The summed E-state index contributed by atoms with van der Waals surface area (Å²) in [6.45, 7) is 1.73. The van der Waals surface area contributed by atoms with Gasteiger partial charge in [0.05, 0.1) is 0 Å². The second kappa shape index (κ2) is 6.34. The van der Waals surface area contributed by atoms with Crippen LogP contribution in [0.2, 0.25) is 0 Å². The van der Waals surface area contributed by atoms with Crippen molar-refractivity contribution >= 4 is 5.91 Å². The van der Waals surface area contributed by atoms with Crippen molar-refractivity contribution in [2.75, 3.05) is 13.1 Å². The van der Waals surface area contributed by atoms with Gasteiger partial charge in [-0.15, -0.1) is 0 Å². The third-order valence-corrected chi connectivity index (χ3v) is 2.97. The Morgan fingerprint density at radius 2 is 2.47 bits per heavy atom. The summed E-state index contributed by atoms with van der Waals surface area (Å²) in [5.41, 5.74) is 0. The molecule has 1 aromatic rings. The molecule has 94 valence electrons. The predicted octanol–water partition coefficient (Wildman–Crippen LogP) is -0.00440. The fourth-order valence-electron chi connectivity index (χ4n) is 2.06. The van der Waals surface area contributed by atoms with E-state index in [0.717, 1.165) is 44.6 Å². The average Bonchev–Trinajstić information content (AvgIpc) is 2.74. The maximum absolute atomic E-state index is 11.3. The van der Waals surface area contributed by atoms with Gasteiger partial charge in [-0.1, -0.05) is 0 Å². The molecule has 1 amide bonds. The molecule has 3 N–H and O–H groups in total. The molecule has 0 aliphatic carbocycles. The van der Waals surface area contributed by atoms with Gasteiger partial charge in [0.1, 0.15) is 12.2 Å². The Morgan fingerprint density at radius 3 is 3.29 bits per heavy atom. The van der Waals surface area contributed by atoms with Crippen molar-refractivity contribution in [1.82, 2.24) is 25.8 Å². The van der Waals surface area contributed by atoms with Crippen LogP contribution < -0.4 is 10.6 Å². The van der Waals surface area contributed by atoms with Gasteiger partial charge in [0.2, 0.25) is 5.91 Å². The number of amides is 1. The largest absolute Gasteiger partial charge is 0.356 e. The third kappa shape index (κ3) is 4.14. The molecule has 2 rings (SSSR count). The van der Waals surface area contributed by atoms with Crippen molar-refractivity contribution in [2.45, 2.75) is 38.1 Å². The molecule has 0 bridgehead atoms. The summed E-state index contributed by atoms with van der Waals surface area (Å²) in [6.07, 6.45) is 6.16. The van der Waals surface area contributed by atoms with E-state index in [1.807, 2.05) is 0 Å². The summed E-state index contributed by atoms with van der Waals surface area (Å²) in [5.74, 6) is 1.08. The van der Waals surface area contributed by atoms with Crippen LogP contribution in [0.4, 0.5) is 0 Å². The predicted molar refractivity (Wildman–Crippen MR) is 63.4 cm³/mol. The second-order valence-electron chi connectivity index (χ2n) is 4.38. The Morgan fingerprint density at radius 1 is 1.53 bits per heavy atom. The van der Waals surface area contributed by atoms with Crippen molar-refractivity contribution in [3.8, 4) is 0 Å². The van der Waals surface area contributed by atoms with E-state index >= 15 is 0 Å². The molecular formula is C11H19N5O. The molecule has 1 aromatic heterocycles. The van der Waals surface area contributed by atoms with Crippen LogP contribution in [0.25, 0.3) is 0 Å². The number of nitrogens with zero attached hydrogens (tertiary/aromatic N) is 2. The van der Waals surface area contributed by atoms with E-state index in [4.69, 9.17) is 0 Å². The van der Waals surface area contributed by atoms with Crippen molar-refractivity contribution in [2.24, 2.45) is 0 Å². The average molecular weight is 237 g/mol. The molecule has 6 nitrogen and oxygen atoms in total. The number of carbonyl (C=O) groups excluding carboxylic acids is 1. The van der Waals surface area contributed by atoms with Gasteiger partial charge in [-0.25, -0.2) is 4.98 Å². The van der Waals surface area contributed by atoms with E-state index < -0.39 is 0 Å². The highest BCUT2D eigenvalue weighted by Crippen LogP contribution is 2.06. The SMILES string of the molecule is O=C1CC(NCCCc2ncn[nH]2)CCCN1. The van der Waals surface area contributed by atoms with Gasteiger partial charge in [-0.05, 0) is 25.8 Å². The van der Waals surface area contributed by atoms with Crippen molar-refractivity contribution < 1.29 is 4.79 Å². The van der Waals surface area contributed by atoms with E-state index in [1.165, 1.54) is 6.33 Å². The normalized spacial score (nSPS) is 20.9. The molecule has 1 saturated heterocycles. The summed E-state index contributed by atoms with van der Waals surface area (Å²) < 4.78 is 0. The Bertz CT molecular complexity index is 338. The van der Waals surface area contributed by atoms with Crippen LogP contribution in [0.5, 0.6) is 0 Å². The highest BCUT2D eigenvalue weighted by molar-refractivity contribution is 5.76. The topological polar surface area (TPSA) is 82.7 Å². The van der Waals surface area contributed by atoms with Gasteiger partial charge in [0.15, 0.2) is 0 Å². The number of carbonyl (C=O) groups is 1. The zero-order chi connectivity index (χ0) is 11.9. The first kappa shape index (κ1) is 12.0. The monoisotopic (exact) mass is 237 g/mol. The second-order valence-corrected chi connectivity index (χ2v) is 4.38. The molecule has 0 saturated carbocycles. The number of nitrogens with one attached hydrogen (secondary N) is 3. The quantitative estimate of drug-likeness (QED) is 0.629. The van der Waals surface area contributed by atoms with Crippen LogP contribution in [-0.4, -0.2) is 40.2 Å². The highest BCUT2D eigenvalue weighted by Gasteiger charge is 2.16. The first-order valence-corrected chi connectivity index (χ1v) is 6.19. The smallest absolute Gasteiger partial charge is 0.221 e. The summed E-state index contributed by atoms with van der Waals surface area (Å²) in [5, 5.41) is 13.0. The number of aromatic amines is 1. The molecule has 6 heteroatoms. The van der Waals surface area contributed by atoms with Crippen molar-refractivity contribution in [3.63, 3.8) is 0 Å². The number of aryl methyl sites for hydroxylation is 1. The zero-order valence-electron chi connectivity index (χ0n) is 9.91. The molecule has 0 aromatic carbocycles. The van der Waals surface area contributed by atoms with E-state index in [9.17, 15) is 4.79 Å². The number of hydrogen-bond acceptors (Lipinski definition) is 4. The molecule has 0 radical (unpaired) electrons. The first-order chi connectivity index (χ1) is 8.34. The fourth-order valence-corrected chi connectivity index (χ4v) is 2.06. The van der Waals surface area contributed by atoms with Crippen molar-refractivity contribution in [3.05, 3.63) is 12.2 Å². The lowest BCUT2D eigenvalue weighted by Gasteiger charge is -2.14. The van der Waals surface area contributed by atoms with E-state index in [1.54, 1.807) is 0 Å². The number of rotatable bonds is 5. The van der Waals surface area contributed by atoms with E-state index in [-0.39, 0.29) is 5.91 Å². The summed E-state index contributed by atoms with van der Waals surface area (Å²) in [6, 6.07) is 0.326. The molecule has 1 aliphatic heterocycles. The number of hydrogen-bond donors (Lipinski definition) is 3. The standard InChI is InChI=1S/C11H19N5O/c17-11-7-9(3-1-6-13-11)12-5-2-4-10-14-8-15-16-10/h8-9,12H,1-7H2,(H,13,17)(H,14,15,16). The van der Waals surface area contributed by atoms with Gasteiger partial charge in [0, 0.05) is 25.4 Å². The minimum Gasteiger partial charge on any atom is -0.356 e. The van der Waals surface area contributed by atoms with Crippen LogP contribution in [0, 0.1) is 0 Å². The Labute approximate surface area is 101 Å². The summed E-state index contributed by atoms with van der Waals surface area (Å²) >= 11 is 0. The molecule has 17 heavy (non-hydrogen) atoms. The van der Waals surface area contributed by atoms with Gasteiger partial charge in [-0.2, -0.15) is 5.10 Å². The van der Waals surface area contributed by atoms with Gasteiger partial charge >= 0.3 is 0 Å². The maximum atomic E-state index is 11.3. The summed E-state index contributed by atoms with van der Waals surface area (Å²) in [4.78, 5) is 15.4. The lowest BCUT2D eigenvalue weighted by atomic mass is 10.1. The number of H-pyrrole nitrogens is 1. The highest BCUT2D eigenvalue weighted by atomic mass is 16.1. The van der Waals surface area contributed by atoms with Crippen LogP contribution in [0.3, 0.4) is 0 Å². The minimum atomic E-state index is 0.162. The van der Waals surface area contributed by atoms with Gasteiger partial charge in [-0.3, -0.25) is 9.89 Å². The van der Waals surface area contributed by atoms with Crippen LogP contribution in [-0.2, 0) is 11.2 Å². The van der Waals surface area contributed by atoms with Gasteiger partial charge < -0.3 is 10.6 Å². The zero-order valence-corrected chi connectivity index (χ0v) is 9.91. The van der Waals surface area contributed by atoms with Crippen LogP contribution >= 0.6 is 0 Å². The molecule has 2 heterocycles. The fraction of sp³-hybridized carbons (Fsp3) is 0.727.